The Morgan fingerprint density at radius 1 is 1.40 bits per heavy atom. The minimum absolute atomic E-state index is 0.0717. The Bertz CT molecular complexity index is 644. The molecule has 0 bridgehead atoms. The molecule has 7 nitrogen and oxygen atoms in total. The molecule has 3 N–H and O–H groups in total. The van der Waals surface area contributed by atoms with Crippen molar-refractivity contribution in [1.82, 2.24) is 15.1 Å². The molecule has 1 amide bonds. The Kier molecular flexibility index (Phi) is 3.09. The summed E-state index contributed by atoms with van der Waals surface area (Å²) < 4.78 is 23.6. The maximum atomic E-state index is 12.4. The molecule has 0 saturated heterocycles. The summed E-state index contributed by atoms with van der Waals surface area (Å²) in [5, 5.41) is 11.9. The minimum Gasteiger partial charge on any atom is -0.340 e. The van der Waals surface area contributed by atoms with Crippen molar-refractivity contribution in [2.45, 2.75) is 36.5 Å². The van der Waals surface area contributed by atoms with Crippen LogP contribution in [-0.4, -0.2) is 43.0 Å². The zero-order valence-electron chi connectivity index (χ0n) is 11.3. The average Bonchev–Trinajstić information content (AvgIpc) is 3.27. The summed E-state index contributed by atoms with van der Waals surface area (Å²) in [6.07, 6.45) is 4.04. The van der Waals surface area contributed by atoms with E-state index in [9.17, 15) is 13.2 Å². The van der Waals surface area contributed by atoms with E-state index in [2.05, 4.69) is 10.2 Å². The lowest BCUT2D eigenvalue weighted by molar-refractivity contribution is 0.0779. The molecule has 2 fully saturated rings. The summed E-state index contributed by atoms with van der Waals surface area (Å²) in [5.74, 6) is 0.277. The lowest BCUT2D eigenvalue weighted by Gasteiger charge is -2.15. The number of nitrogens with one attached hydrogen (secondary N) is 1. The van der Waals surface area contributed by atoms with Crippen molar-refractivity contribution >= 4 is 15.9 Å². The molecule has 1 aromatic heterocycles. The molecule has 2 aliphatic carbocycles. The van der Waals surface area contributed by atoms with Crippen molar-refractivity contribution in [3.8, 4) is 0 Å². The number of H-pyrrole nitrogens is 1. The van der Waals surface area contributed by atoms with Gasteiger partial charge in [0.25, 0.3) is 5.91 Å². The van der Waals surface area contributed by atoms with Crippen LogP contribution in [0.2, 0.25) is 0 Å². The maximum absolute atomic E-state index is 12.4. The SMILES string of the molecule is CN(CC1CC1)C(=O)c1n[nH]c(C2CC2)c1S(N)(=O)=O. The largest absolute Gasteiger partial charge is 0.340 e. The number of aromatic nitrogens is 2. The first-order valence-electron chi connectivity index (χ1n) is 6.74. The summed E-state index contributed by atoms with van der Waals surface area (Å²) >= 11 is 0. The zero-order valence-corrected chi connectivity index (χ0v) is 12.1. The van der Waals surface area contributed by atoms with Crippen LogP contribution >= 0.6 is 0 Å². The van der Waals surface area contributed by atoms with Gasteiger partial charge in [-0.3, -0.25) is 9.89 Å². The van der Waals surface area contributed by atoms with Crippen LogP contribution in [0.5, 0.6) is 0 Å². The van der Waals surface area contributed by atoms with Gasteiger partial charge in [-0.15, -0.1) is 0 Å². The maximum Gasteiger partial charge on any atom is 0.275 e. The number of aromatic amines is 1. The van der Waals surface area contributed by atoms with Crippen LogP contribution in [0.4, 0.5) is 0 Å². The van der Waals surface area contributed by atoms with E-state index in [-0.39, 0.29) is 22.4 Å². The number of primary sulfonamides is 1. The molecule has 110 valence electrons. The summed E-state index contributed by atoms with van der Waals surface area (Å²) in [6.45, 7) is 0.633. The molecule has 0 aliphatic heterocycles. The molecular formula is C12H18N4O3S. The van der Waals surface area contributed by atoms with E-state index in [1.165, 1.54) is 4.90 Å². The molecule has 1 heterocycles. The molecule has 2 saturated carbocycles. The van der Waals surface area contributed by atoms with Gasteiger partial charge in [0, 0.05) is 19.5 Å². The standard InChI is InChI=1S/C12H18N4O3S/c1-16(6-7-2-3-7)12(17)10-11(20(13,18)19)9(14-15-10)8-4-5-8/h7-8H,2-6H2,1H3,(H,14,15)(H2,13,18,19). The summed E-state index contributed by atoms with van der Waals surface area (Å²) in [4.78, 5) is 13.8. The number of amides is 1. The van der Waals surface area contributed by atoms with Gasteiger partial charge in [-0.25, -0.2) is 13.6 Å². The lowest BCUT2D eigenvalue weighted by Crippen LogP contribution is -2.31. The van der Waals surface area contributed by atoms with Gasteiger partial charge < -0.3 is 4.90 Å². The summed E-state index contributed by atoms with van der Waals surface area (Å²) in [7, 11) is -2.29. The van der Waals surface area contributed by atoms with Crippen molar-refractivity contribution in [1.29, 1.82) is 0 Å². The molecule has 0 atom stereocenters. The first-order valence-corrected chi connectivity index (χ1v) is 8.29. The molecule has 0 radical (unpaired) electrons. The predicted molar refractivity (Wildman–Crippen MR) is 71.6 cm³/mol. The van der Waals surface area contributed by atoms with E-state index in [1.54, 1.807) is 7.05 Å². The molecule has 20 heavy (non-hydrogen) atoms. The van der Waals surface area contributed by atoms with Crippen molar-refractivity contribution < 1.29 is 13.2 Å². The fraction of sp³-hybridized carbons (Fsp3) is 0.667. The highest BCUT2D eigenvalue weighted by Gasteiger charge is 2.37. The van der Waals surface area contributed by atoms with Crippen molar-refractivity contribution in [3.05, 3.63) is 11.4 Å². The third-order valence-corrected chi connectivity index (χ3v) is 4.78. The number of rotatable bonds is 5. The smallest absolute Gasteiger partial charge is 0.275 e. The second-order valence-corrected chi connectivity index (χ2v) is 7.26. The molecular weight excluding hydrogens is 280 g/mol. The third-order valence-electron chi connectivity index (χ3n) is 3.80. The second kappa shape index (κ2) is 4.56. The number of carbonyl (C=O) groups excluding carboxylic acids is 1. The molecule has 1 aromatic rings. The van der Waals surface area contributed by atoms with Gasteiger partial charge in [0.15, 0.2) is 5.69 Å². The Hall–Kier alpha value is -1.41. The van der Waals surface area contributed by atoms with Crippen LogP contribution in [-0.2, 0) is 10.0 Å². The molecule has 0 aromatic carbocycles. The molecule has 3 rings (SSSR count). The molecule has 2 aliphatic rings. The van der Waals surface area contributed by atoms with Gasteiger partial charge in [-0.05, 0) is 31.6 Å². The molecule has 8 heteroatoms. The number of nitrogens with two attached hydrogens (primary N) is 1. The van der Waals surface area contributed by atoms with Gasteiger partial charge in [-0.1, -0.05) is 0 Å². The van der Waals surface area contributed by atoms with E-state index in [4.69, 9.17) is 5.14 Å². The Labute approximate surface area is 117 Å². The topological polar surface area (TPSA) is 109 Å². The Morgan fingerprint density at radius 3 is 2.55 bits per heavy atom. The number of hydrogen-bond donors (Lipinski definition) is 2. The number of hydrogen-bond acceptors (Lipinski definition) is 4. The van der Waals surface area contributed by atoms with Crippen LogP contribution in [0.15, 0.2) is 4.90 Å². The number of carbonyl (C=O) groups is 1. The lowest BCUT2D eigenvalue weighted by atomic mass is 10.2. The predicted octanol–water partition coefficient (Wildman–Crippen LogP) is 0.416. The van der Waals surface area contributed by atoms with E-state index in [0.29, 0.717) is 18.2 Å². The van der Waals surface area contributed by atoms with E-state index < -0.39 is 10.0 Å². The van der Waals surface area contributed by atoms with Crippen LogP contribution < -0.4 is 5.14 Å². The van der Waals surface area contributed by atoms with Crippen molar-refractivity contribution in [3.63, 3.8) is 0 Å². The highest BCUT2D eigenvalue weighted by Crippen LogP contribution is 2.42. The van der Waals surface area contributed by atoms with Crippen LogP contribution in [0.25, 0.3) is 0 Å². The summed E-state index contributed by atoms with van der Waals surface area (Å²) in [5.41, 5.74) is 0.410. The number of sulfonamides is 1. The average molecular weight is 298 g/mol. The molecule has 0 unspecified atom stereocenters. The van der Waals surface area contributed by atoms with Gasteiger partial charge in [0.2, 0.25) is 10.0 Å². The van der Waals surface area contributed by atoms with Gasteiger partial charge in [-0.2, -0.15) is 5.10 Å². The number of nitrogens with zero attached hydrogens (tertiary/aromatic N) is 2. The fourth-order valence-electron chi connectivity index (χ4n) is 2.38. The first-order chi connectivity index (χ1) is 9.38. The Balaban J connectivity index is 1.93. The van der Waals surface area contributed by atoms with E-state index in [1.807, 2.05) is 0 Å². The van der Waals surface area contributed by atoms with Crippen molar-refractivity contribution in [2.75, 3.05) is 13.6 Å². The third kappa shape index (κ3) is 2.57. The monoisotopic (exact) mass is 298 g/mol. The fourth-order valence-corrected chi connectivity index (χ4v) is 3.30. The minimum atomic E-state index is -3.96. The van der Waals surface area contributed by atoms with Crippen LogP contribution in [0, 0.1) is 5.92 Å². The summed E-state index contributed by atoms with van der Waals surface area (Å²) in [6, 6.07) is 0. The zero-order chi connectivity index (χ0) is 14.5. The first kappa shape index (κ1) is 13.6. The highest BCUT2D eigenvalue weighted by molar-refractivity contribution is 7.89. The Morgan fingerprint density at radius 2 is 2.05 bits per heavy atom. The normalized spacial score (nSPS) is 19.1. The second-order valence-electron chi connectivity index (χ2n) is 5.76. The molecule has 0 spiro atoms. The van der Waals surface area contributed by atoms with Crippen LogP contribution in [0.1, 0.15) is 47.8 Å². The highest BCUT2D eigenvalue weighted by atomic mass is 32.2. The van der Waals surface area contributed by atoms with Crippen LogP contribution in [0.3, 0.4) is 0 Å². The van der Waals surface area contributed by atoms with Gasteiger partial charge in [0.1, 0.15) is 4.90 Å². The van der Waals surface area contributed by atoms with E-state index >= 15 is 0 Å². The quantitative estimate of drug-likeness (QED) is 0.820. The van der Waals surface area contributed by atoms with Gasteiger partial charge >= 0.3 is 0 Å². The van der Waals surface area contributed by atoms with Crippen molar-refractivity contribution in [2.24, 2.45) is 11.1 Å². The van der Waals surface area contributed by atoms with E-state index in [0.717, 1.165) is 25.7 Å². The van der Waals surface area contributed by atoms with Gasteiger partial charge in [0.05, 0.1) is 5.69 Å².